The van der Waals surface area contributed by atoms with Crippen LogP contribution in [0.15, 0.2) is 36.7 Å². The summed E-state index contributed by atoms with van der Waals surface area (Å²) in [5, 5.41) is 14.0. The van der Waals surface area contributed by atoms with Crippen LogP contribution in [-0.2, 0) is 14.2 Å². The van der Waals surface area contributed by atoms with Gasteiger partial charge in [-0.3, -0.25) is 0 Å². The molecule has 46 heavy (non-hydrogen) atoms. The van der Waals surface area contributed by atoms with Crippen molar-refractivity contribution in [3.8, 4) is 33.9 Å². The molecule has 1 aromatic carbocycles. The molecule has 0 aliphatic carbocycles. The van der Waals surface area contributed by atoms with Gasteiger partial charge in [0.1, 0.15) is 29.9 Å². The first kappa shape index (κ1) is 30.7. The Morgan fingerprint density at radius 1 is 1.00 bits per heavy atom. The molecule has 3 unspecified atom stereocenters. The van der Waals surface area contributed by atoms with Gasteiger partial charge in [0.2, 0.25) is 0 Å². The van der Waals surface area contributed by atoms with Crippen LogP contribution in [0.4, 0.5) is 10.6 Å². The fourth-order valence-electron chi connectivity index (χ4n) is 7.27. The molecule has 12 nitrogen and oxygen atoms in total. The van der Waals surface area contributed by atoms with Crippen LogP contribution >= 0.6 is 0 Å². The molecule has 0 saturated carbocycles. The van der Waals surface area contributed by atoms with Crippen LogP contribution < -0.4 is 14.4 Å². The summed E-state index contributed by atoms with van der Waals surface area (Å²) in [5.41, 5.74) is 2.89. The number of piperidine rings is 1. The highest BCUT2D eigenvalue weighted by molar-refractivity contribution is 5.76. The highest BCUT2D eigenvalue weighted by Crippen LogP contribution is 2.43. The second kappa shape index (κ2) is 12.7. The summed E-state index contributed by atoms with van der Waals surface area (Å²) in [4.78, 5) is 17.3. The number of benzene rings is 1. The number of aromatic nitrogens is 4. The molecule has 0 radical (unpaired) electrons. The molecule has 0 N–H and O–H groups in total. The van der Waals surface area contributed by atoms with Gasteiger partial charge in [-0.25, -0.2) is 9.48 Å². The van der Waals surface area contributed by atoms with E-state index in [-0.39, 0.29) is 37.2 Å². The van der Waals surface area contributed by atoms with Gasteiger partial charge in [0.25, 0.3) is 0 Å². The normalized spacial score (nSPS) is 24.3. The topological polar surface area (TPSA) is 113 Å². The maximum absolute atomic E-state index is 13.0. The molecule has 3 fully saturated rings. The fraction of sp³-hybridized carbons (Fsp3) is 0.588. The summed E-state index contributed by atoms with van der Waals surface area (Å²) in [6.07, 6.45) is 10.6. The van der Waals surface area contributed by atoms with Crippen molar-refractivity contribution >= 4 is 11.9 Å². The van der Waals surface area contributed by atoms with Crippen LogP contribution in [0.2, 0.25) is 0 Å². The zero-order chi connectivity index (χ0) is 31.8. The fourth-order valence-corrected chi connectivity index (χ4v) is 7.27. The second-order valence-corrected chi connectivity index (χ2v) is 13.6. The Hall–Kier alpha value is -3.90. The van der Waals surface area contributed by atoms with Crippen molar-refractivity contribution in [3.63, 3.8) is 0 Å². The molecule has 12 heteroatoms. The highest BCUT2D eigenvalue weighted by Gasteiger charge is 2.47. The zero-order valence-corrected chi connectivity index (χ0v) is 27.2. The average molecular weight is 633 g/mol. The Kier molecular flexibility index (Phi) is 8.50. The van der Waals surface area contributed by atoms with Gasteiger partial charge < -0.3 is 33.5 Å². The van der Waals surface area contributed by atoms with Gasteiger partial charge in [0.05, 0.1) is 12.7 Å². The van der Waals surface area contributed by atoms with Crippen molar-refractivity contribution in [1.29, 1.82) is 0 Å². The minimum absolute atomic E-state index is 0.0241. The molecule has 4 aliphatic heterocycles. The molecule has 246 valence electrons. The molecule has 2 aromatic heterocycles. The highest BCUT2D eigenvalue weighted by atomic mass is 16.7. The quantitative estimate of drug-likeness (QED) is 0.295. The van der Waals surface area contributed by atoms with E-state index in [1.807, 2.05) is 67.0 Å². The van der Waals surface area contributed by atoms with Gasteiger partial charge in [-0.1, -0.05) is 6.07 Å². The summed E-state index contributed by atoms with van der Waals surface area (Å²) >= 11 is 0. The number of hydrogen-bond acceptors (Lipinski definition) is 10. The summed E-state index contributed by atoms with van der Waals surface area (Å²) in [7, 11) is 1.60. The van der Waals surface area contributed by atoms with E-state index < -0.39 is 5.60 Å². The first-order chi connectivity index (χ1) is 22.3. The van der Waals surface area contributed by atoms with Gasteiger partial charge in [0.15, 0.2) is 18.4 Å². The zero-order valence-electron chi connectivity index (χ0n) is 27.2. The molecule has 3 aromatic rings. The lowest BCUT2D eigenvalue weighted by Gasteiger charge is -2.44. The lowest BCUT2D eigenvalue weighted by molar-refractivity contribution is -0.0394. The van der Waals surface area contributed by atoms with Gasteiger partial charge >= 0.3 is 6.09 Å². The van der Waals surface area contributed by atoms with E-state index in [9.17, 15) is 4.79 Å². The second-order valence-electron chi connectivity index (χ2n) is 13.6. The number of carbonyl (C=O) groups is 1. The molecule has 6 heterocycles. The largest absolute Gasteiger partial charge is 0.488 e. The standard InChI is InChI=1S/C34H44N6O6/c1-34(2,3)46-33(41)40-24-9-10-25(40)17-26(16-24)38-12-14-43-30-18-28(36-37-32(30)38)27-11-8-22(15-29(27)45-21-42-4)23-19-35-39(20-23)31-7-5-6-13-44-31/h8,11,15,18-20,24-26,31H,5-7,9-10,12-14,16-17,21H2,1-4H3. The van der Waals surface area contributed by atoms with E-state index in [1.54, 1.807) is 7.11 Å². The van der Waals surface area contributed by atoms with Crippen molar-refractivity contribution < 1.29 is 28.5 Å². The first-order valence-corrected chi connectivity index (χ1v) is 16.5. The number of rotatable bonds is 7. The summed E-state index contributed by atoms with van der Waals surface area (Å²) in [6, 6.07) is 8.55. The lowest BCUT2D eigenvalue weighted by atomic mass is 9.95. The van der Waals surface area contributed by atoms with Gasteiger partial charge in [-0.15, -0.1) is 10.2 Å². The molecule has 3 saturated heterocycles. The molecule has 1 amide bonds. The van der Waals surface area contributed by atoms with Crippen molar-refractivity contribution in [2.75, 3.05) is 38.6 Å². The number of hydrogen-bond donors (Lipinski definition) is 0. The Balaban J connectivity index is 1.11. The number of methoxy groups -OCH3 is 1. The summed E-state index contributed by atoms with van der Waals surface area (Å²) < 4.78 is 31.0. The molecular weight excluding hydrogens is 588 g/mol. The van der Waals surface area contributed by atoms with E-state index in [1.165, 1.54) is 0 Å². The smallest absolute Gasteiger partial charge is 0.410 e. The average Bonchev–Trinajstić information content (AvgIpc) is 3.65. The molecule has 4 aliphatic rings. The van der Waals surface area contributed by atoms with Crippen LogP contribution in [0.1, 0.15) is 71.9 Å². The van der Waals surface area contributed by atoms with E-state index in [2.05, 4.69) is 15.1 Å². The number of nitrogens with zero attached hydrogens (tertiary/aromatic N) is 6. The van der Waals surface area contributed by atoms with Crippen LogP contribution in [0.3, 0.4) is 0 Å². The third-order valence-corrected chi connectivity index (χ3v) is 9.33. The SMILES string of the molecule is COCOc1cc(-c2cnn(C3CCCCO3)c2)ccc1-c1cc2c(nn1)N(C1CC3CCC(C1)N3C(=O)OC(C)(C)C)CCO2. The Bertz CT molecular complexity index is 1540. The van der Waals surface area contributed by atoms with E-state index >= 15 is 0 Å². The summed E-state index contributed by atoms with van der Waals surface area (Å²) in [5.74, 6) is 2.08. The third-order valence-electron chi connectivity index (χ3n) is 9.33. The van der Waals surface area contributed by atoms with E-state index in [0.29, 0.717) is 23.8 Å². The maximum Gasteiger partial charge on any atom is 0.410 e. The number of anilines is 1. The number of carbonyl (C=O) groups excluding carboxylic acids is 1. The molecule has 3 atom stereocenters. The van der Waals surface area contributed by atoms with Gasteiger partial charge in [-0.05, 0) is 83.4 Å². The monoisotopic (exact) mass is 632 g/mol. The predicted octanol–water partition coefficient (Wildman–Crippen LogP) is 5.82. The Morgan fingerprint density at radius 2 is 1.83 bits per heavy atom. The molecule has 0 spiro atoms. The van der Waals surface area contributed by atoms with Crippen LogP contribution in [0, 0.1) is 0 Å². The molecular formula is C34H44N6O6. The van der Waals surface area contributed by atoms with Crippen LogP contribution in [0.5, 0.6) is 11.5 Å². The number of fused-ring (bicyclic) bond motifs is 3. The van der Waals surface area contributed by atoms with Crippen molar-refractivity contribution in [1.82, 2.24) is 24.9 Å². The predicted molar refractivity (Wildman–Crippen MR) is 171 cm³/mol. The van der Waals surface area contributed by atoms with Gasteiger partial charge in [-0.2, -0.15) is 5.10 Å². The van der Waals surface area contributed by atoms with Gasteiger partial charge in [0, 0.05) is 55.2 Å². The van der Waals surface area contributed by atoms with Crippen LogP contribution in [-0.4, -0.2) is 88.4 Å². The van der Waals surface area contributed by atoms with Crippen molar-refractivity contribution in [2.24, 2.45) is 0 Å². The Labute approximate surface area is 269 Å². The lowest BCUT2D eigenvalue weighted by Crippen LogP contribution is -2.55. The van der Waals surface area contributed by atoms with Crippen LogP contribution in [0.25, 0.3) is 22.4 Å². The first-order valence-electron chi connectivity index (χ1n) is 16.5. The molecule has 7 rings (SSSR count). The third kappa shape index (κ3) is 6.24. The van der Waals surface area contributed by atoms with E-state index in [4.69, 9.17) is 28.8 Å². The van der Waals surface area contributed by atoms with Crippen molar-refractivity contribution in [2.45, 2.75) is 95.7 Å². The maximum atomic E-state index is 13.0. The van der Waals surface area contributed by atoms with E-state index in [0.717, 1.165) is 80.6 Å². The Morgan fingerprint density at radius 3 is 2.57 bits per heavy atom. The molecule has 2 bridgehead atoms. The minimum Gasteiger partial charge on any atom is -0.488 e. The number of ether oxygens (including phenoxy) is 5. The van der Waals surface area contributed by atoms with Crippen molar-refractivity contribution in [3.05, 3.63) is 36.7 Å². The number of amides is 1. The minimum atomic E-state index is -0.508. The summed E-state index contributed by atoms with van der Waals surface area (Å²) in [6.45, 7) is 7.90.